The second kappa shape index (κ2) is 20.2. The fraction of sp³-hybridized carbons (Fsp3) is 0.600. The van der Waals surface area contributed by atoms with E-state index in [1.807, 2.05) is 0 Å². The number of hydrogen-bond acceptors (Lipinski definition) is 6. The number of quaternary nitrogens is 2. The van der Waals surface area contributed by atoms with Crippen LogP contribution in [0.15, 0.2) is 49.1 Å². The van der Waals surface area contributed by atoms with Crippen molar-refractivity contribution in [2.75, 3.05) is 52.4 Å². The third kappa shape index (κ3) is 13.6. The van der Waals surface area contributed by atoms with E-state index in [2.05, 4.69) is 51.5 Å². The van der Waals surface area contributed by atoms with Crippen LogP contribution in [-0.2, 0) is 0 Å². The normalized spacial score (nSPS) is 11.0. The van der Waals surface area contributed by atoms with Gasteiger partial charge in [0.05, 0.1) is 64.3 Å². The van der Waals surface area contributed by atoms with E-state index in [0.29, 0.717) is 0 Å². The molecular weight excluding hydrogens is 480 g/mol. The van der Waals surface area contributed by atoms with E-state index in [0.717, 1.165) is 0 Å². The summed E-state index contributed by atoms with van der Waals surface area (Å²) in [6, 6.07) is 5.96. The van der Waals surface area contributed by atoms with Crippen molar-refractivity contribution >= 4 is 11.9 Å². The van der Waals surface area contributed by atoms with Gasteiger partial charge in [-0.25, -0.2) is 0 Å². The largest absolute Gasteiger partial charge is 0.545 e. The number of hydrogen-bond donors (Lipinski definition) is 0. The van der Waals surface area contributed by atoms with Crippen molar-refractivity contribution in [1.82, 2.24) is 9.97 Å². The second-order valence-corrected chi connectivity index (χ2v) is 9.50. The molecule has 0 N–H and O–H groups in total. The van der Waals surface area contributed by atoms with E-state index >= 15 is 0 Å². The first kappa shape index (κ1) is 35.2. The van der Waals surface area contributed by atoms with E-state index < -0.39 is 11.9 Å². The number of carboxylic acids is 2. The van der Waals surface area contributed by atoms with Gasteiger partial charge in [0.25, 0.3) is 0 Å². The molecule has 0 saturated carbocycles. The molecule has 8 heteroatoms. The third-order valence-electron chi connectivity index (χ3n) is 7.83. The first-order valence-corrected chi connectivity index (χ1v) is 14.1. The van der Waals surface area contributed by atoms with Gasteiger partial charge in [0, 0.05) is 35.9 Å². The summed E-state index contributed by atoms with van der Waals surface area (Å²) in [6.07, 6.45) is 11.2. The predicted molar refractivity (Wildman–Crippen MR) is 149 cm³/mol. The lowest BCUT2D eigenvalue weighted by atomic mass is 10.1. The summed E-state index contributed by atoms with van der Waals surface area (Å²) in [5.41, 5.74) is 0.218. The fourth-order valence-electron chi connectivity index (χ4n) is 4.51. The molecule has 0 bridgehead atoms. The molecule has 0 unspecified atom stereocenters. The summed E-state index contributed by atoms with van der Waals surface area (Å²) >= 11 is 0. The molecule has 0 saturated heterocycles. The van der Waals surface area contributed by atoms with Crippen molar-refractivity contribution < 1.29 is 28.8 Å². The van der Waals surface area contributed by atoms with Gasteiger partial charge in [0.15, 0.2) is 0 Å². The first-order chi connectivity index (χ1) is 18.2. The average molecular weight is 531 g/mol. The van der Waals surface area contributed by atoms with Crippen LogP contribution in [0.25, 0.3) is 0 Å². The Morgan fingerprint density at radius 3 is 1.11 bits per heavy atom. The van der Waals surface area contributed by atoms with Gasteiger partial charge >= 0.3 is 0 Å². The van der Waals surface area contributed by atoms with E-state index in [1.165, 1.54) is 124 Å². The van der Waals surface area contributed by atoms with Crippen LogP contribution < -0.4 is 10.2 Å². The van der Waals surface area contributed by atoms with Crippen LogP contribution in [0.1, 0.15) is 87.9 Å². The lowest BCUT2D eigenvalue weighted by Crippen LogP contribution is -2.48. The Morgan fingerprint density at radius 2 is 0.921 bits per heavy atom. The molecule has 0 aliphatic rings. The number of aromatic carboxylic acids is 2. The van der Waals surface area contributed by atoms with Crippen molar-refractivity contribution in [3.8, 4) is 0 Å². The van der Waals surface area contributed by atoms with Crippen LogP contribution in [-0.4, -0.2) is 83.2 Å². The molecule has 0 aliphatic carbocycles. The molecule has 2 aromatic heterocycles. The van der Waals surface area contributed by atoms with Crippen molar-refractivity contribution in [3.05, 3.63) is 60.2 Å². The van der Waals surface area contributed by atoms with Gasteiger partial charge in [-0.15, -0.1) is 0 Å². The lowest BCUT2D eigenvalue weighted by molar-refractivity contribution is -0.924. The van der Waals surface area contributed by atoms with Gasteiger partial charge in [-0.05, 0) is 79.4 Å². The number of nitrogens with zero attached hydrogens (tertiary/aromatic N) is 4. The van der Waals surface area contributed by atoms with Gasteiger partial charge in [-0.2, -0.15) is 0 Å². The summed E-state index contributed by atoms with van der Waals surface area (Å²) in [5.74, 6) is -2.38. The average Bonchev–Trinajstić information content (AvgIpc) is 2.97. The zero-order valence-electron chi connectivity index (χ0n) is 24.5. The lowest BCUT2D eigenvalue weighted by Gasteiger charge is -2.36. The maximum atomic E-state index is 10.0. The Morgan fingerprint density at radius 1 is 0.605 bits per heavy atom. The molecule has 8 nitrogen and oxygen atoms in total. The van der Waals surface area contributed by atoms with Crippen LogP contribution in [0.3, 0.4) is 0 Å². The molecule has 0 atom stereocenters. The topological polar surface area (TPSA) is 106 Å². The van der Waals surface area contributed by atoms with Crippen molar-refractivity contribution in [2.45, 2.75) is 67.2 Å². The predicted octanol–water partition coefficient (Wildman–Crippen LogP) is 3.19. The number of aromatic nitrogens is 2. The van der Waals surface area contributed by atoms with Crippen molar-refractivity contribution in [1.29, 1.82) is 0 Å². The number of carboxylic acid groups (broad SMARTS) is 2. The Labute approximate surface area is 230 Å². The maximum absolute atomic E-state index is 10.0. The molecule has 0 fully saturated rings. The minimum Gasteiger partial charge on any atom is -0.545 e. The van der Waals surface area contributed by atoms with Gasteiger partial charge in [-0.3, -0.25) is 9.97 Å². The van der Waals surface area contributed by atoms with E-state index in [4.69, 9.17) is 0 Å². The Balaban J connectivity index is 0.000000620. The second-order valence-electron chi connectivity index (χ2n) is 9.50. The zero-order chi connectivity index (χ0) is 28.9. The molecule has 0 spiro atoms. The molecule has 0 aromatic carbocycles. The highest BCUT2D eigenvalue weighted by Crippen LogP contribution is 2.13. The standard InChI is InChI=1S/C18H42N2.2C6H5NO2/c1-7-19(8-2,9-3)17-15-13-14-16-18-20(10-4,11-5)12-6;2*8-6(9)5-2-1-3-7-4-5/h7-18H2,1-6H3;2*1-4H,(H,8,9)/q+2;;/p-2. The zero-order valence-corrected chi connectivity index (χ0v) is 24.5. The fourth-order valence-corrected chi connectivity index (χ4v) is 4.51. The van der Waals surface area contributed by atoms with Crippen molar-refractivity contribution in [2.24, 2.45) is 0 Å². The van der Waals surface area contributed by atoms with Crippen LogP contribution in [0.2, 0.25) is 0 Å². The number of carbonyl (C=O) groups is 2. The Hall–Kier alpha value is -2.84. The summed E-state index contributed by atoms with van der Waals surface area (Å²) in [7, 11) is 0. The molecule has 0 radical (unpaired) electrons. The number of pyridine rings is 2. The Kier molecular flexibility index (Phi) is 18.7. The molecule has 2 aromatic rings. The minimum atomic E-state index is -1.19. The summed E-state index contributed by atoms with van der Waals surface area (Å²) < 4.78 is 2.64. The third-order valence-corrected chi connectivity index (χ3v) is 7.83. The first-order valence-electron chi connectivity index (χ1n) is 14.1. The quantitative estimate of drug-likeness (QED) is 0.259. The van der Waals surface area contributed by atoms with Crippen LogP contribution in [0.4, 0.5) is 0 Å². The highest BCUT2D eigenvalue weighted by molar-refractivity contribution is 5.85. The van der Waals surface area contributed by atoms with Crippen LogP contribution in [0, 0.1) is 0 Å². The van der Waals surface area contributed by atoms with Crippen LogP contribution >= 0.6 is 0 Å². The molecule has 0 aliphatic heterocycles. The highest BCUT2D eigenvalue weighted by Gasteiger charge is 2.21. The van der Waals surface area contributed by atoms with E-state index in [-0.39, 0.29) is 11.1 Å². The van der Waals surface area contributed by atoms with Gasteiger partial charge in [0.2, 0.25) is 0 Å². The summed E-state index contributed by atoms with van der Waals surface area (Å²) in [5, 5.41) is 20.1. The SMILES string of the molecule is CC[N+](CC)(CC)CCCCCC[N+](CC)(CC)CC.O=C([O-])c1cccnc1.O=C([O-])c1cccnc1. The molecule has 2 heterocycles. The minimum absolute atomic E-state index is 0.109. The summed E-state index contributed by atoms with van der Waals surface area (Å²) in [6.45, 7) is 24.7. The highest BCUT2D eigenvalue weighted by atomic mass is 16.4. The molecule has 2 rings (SSSR count). The van der Waals surface area contributed by atoms with Gasteiger partial charge in [-0.1, -0.05) is 12.1 Å². The van der Waals surface area contributed by atoms with E-state index in [9.17, 15) is 19.8 Å². The summed E-state index contributed by atoms with van der Waals surface area (Å²) in [4.78, 5) is 27.3. The number of carbonyl (C=O) groups excluding carboxylic acids is 2. The molecular formula is C30H50N4O4. The Bertz CT molecular complexity index is 780. The molecule has 214 valence electrons. The van der Waals surface area contributed by atoms with Crippen molar-refractivity contribution in [3.63, 3.8) is 0 Å². The smallest absolute Gasteiger partial charge is 0.0786 e. The van der Waals surface area contributed by atoms with Gasteiger partial charge in [0.1, 0.15) is 0 Å². The van der Waals surface area contributed by atoms with Crippen LogP contribution in [0.5, 0.6) is 0 Å². The molecule has 0 amide bonds. The van der Waals surface area contributed by atoms with Gasteiger partial charge < -0.3 is 28.8 Å². The maximum Gasteiger partial charge on any atom is 0.0786 e. The molecule has 38 heavy (non-hydrogen) atoms. The number of rotatable bonds is 15. The number of unbranched alkanes of at least 4 members (excludes halogenated alkanes) is 3. The van der Waals surface area contributed by atoms with E-state index in [1.54, 1.807) is 12.1 Å². The monoisotopic (exact) mass is 530 g/mol.